The Morgan fingerprint density at radius 2 is 1.89 bits per heavy atom. The van der Waals surface area contributed by atoms with Crippen molar-refractivity contribution in [3.63, 3.8) is 0 Å². The third-order valence-electron chi connectivity index (χ3n) is 2.27. The zero-order valence-electron chi connectivity index (χ0n) is 10.6. The van der Waals surface area contributed by atoms with E-state index in [4.69, 9.17) is 9.47 Å². The van der Waals surface area contributed by atoms with Crippen molar-refractivity contribution >= 4 is 11.9 Å². The van der Waals surface area contributed by atoms with Gasteiger partial charge in [-0.1, -0.05) is 0 Å². The van der Waals surface area contributed by atoms with Gasteiger partial charge in [-0.3, -0.25) is 9.59 Å². The van der Waals surface area contributed by atoms with Gasteiger partial charge in [0.15, 0.2) is 0 Å². The molecule has 0 fully saturated rings. The standard InChI is InChI=1S/C13H17NO4/c1-3-18-12(15)8-9-14-13(16)10-4-6-11(17-2)7-5-10/h4-7H,3,8-9H2,1-2H3,(H,14,16). The van der Waals surface area contributed by atoms with E-state index in [0.29, 0.717) is 17.9 Å². The fourth-order valence-corrected chi connectivity index (χ4v) is 1.36. The average Bonchev–Trinajstić information content (AvgIpc) is 2.39. The van der Waals surface area contributed by atoms with Crippen LogP contribution in [-0.2, 0) is 9.53 Å². The number of ether oxygens (including phenoxy) is 2. The van der Waals surface area contributed by atoms with Crippen LogP contribution in [0.15, 0.2) is 24.3 Å². The van der Waals surface area contributed by atoms with Crippen molar-refractivity contribution in [2.24, 2.45) is 0 Å². The quantitative estimate of drug-likeness (QED) is 0.776. The Kier molecular flexibility index (Phi) is 5.70. The fourth-order valence-electron chi connectivity index (χ4n) is 1.36. The van der Waals surface area contributed by atoms with Crippen LogP contribution in [0.4, 0.5) is 0 Å². The summed E-state index contributed by atoms with van der Waals surface area (Å²) >= 11 is 0. The third-order valence-corrected chi connectivity index (χ3v) is 2.27. The van der Waals surface area contributed by atoms with Gasteiger partial charge >= 0.3 is 5.97 Å². The SMILES string of the molecule is CCOC(=O)CCNC(=O)c1ccc(OC)cc1. The molecule has 0 bridgehead atoms. The average molecular weight is 251 g/mol. The number of benzene rings is 1. The minimum atomic E-state index is -0.312. The molecule has 1 amide bonds. The van der Waals surface area contributed by atoms with Crippen molar-refractivity contribution in [2.75, 3.05) is 20.3 Å². The van der Waals surface area contributed by atoms with Gasteiger partial charge in [-0.2, -0.15) is 0 Å². The van der Waals surface area contributed by atoms with Gasteiger partial charge in [0.2, 0.25) is 0 Å². The van der Waals surface area contributed by atoms with Crippen molar-refractivity contribution in [2.45, 2.75) is 13.3 Å². The van der Waals surface area contributed by atoms with E-state index in [-0.39, 0.29) is 24.8 Å². The normalized spacial score (nSPS) is 9.67. The van der Waals surface area contributed by atoms with Crippen molar-refractivity contribution in [1.29, 1.82) is 0 Å². The molecular formula is C13H17NO4. The first-order valence-corrected chi connectivity index (χ1v) is 5.75. The second-order valence-electron chi connectivity index (χ2n) is 3.54. The summed E-state index contributed by atoms with van der Waals surface area (Å²) in [6.45, 7) is 2.36. The molecule has 98 valence electrons. The summed E-state index contributed by atoms with van der Waals surface area (Å²) in [5.41, 5.74) is 0.527. The Morgan fingerprint density at radius 3 is 2.44 bits per heavy atom. The molecule has 0 aliphatic heterocycles. The lowest BCUT2D eigenvalue weighted by Gasteiger charge is -2.06. The van der Waals surface area contributed by atoms with Crippen LogP contribution in [0.25, 0.3) is 0 Å². The zero-order chi connectivity index (χ0) is 13.4. The van der Waals surface area contributed by atoms with Crippen LogP contribution in [0.2, 0.25) is 0 Å². The highest BCUT2D eigenvalue weighted by atomic mass is 16.5. The van der Waals surface area contributed by atoms with Crippen LogP contribution in [0.3, 0.4) is 0 Å². The Balaban J connectivity index is 2.38. The van der Waals surface area contributed by atoms with Gasteiger partial charge in [-0.15, -0.1) is 0 Å². The van der Waals surface area contributed by atoms with E-state index >= 15 is 0 Å². The molecule has 1 aromatic carbocycles. The number of hydrogen-bond acceptors (Lipinski definition) is 4. The summed E-state index contributed by atoms with van der Waals surface area (Å²) in [6.07, 6.45) is 0.176. The van der Waals surface area contributed by atoms with E-state index in [9.17, 15) is 9.59 Å². The van der Waals surface area contributed by atoms with Gasteiger partial charge in [0, 0.05) is 12.1 Å². The molecule has 1 rings (SSSR count). The lowest BCUT2D eigenvalue weighted by Crippen LogP contribution is -2.26. The molecule has 1 aromatic rings. The lowest BCUT2D eigenvalue weighted by molar-refractivity contribution is -0.142. The monoisotopic (exact) mass is 251 g/mol. The number of amides is 1. The van der Waals surface area contributed by atoms with Gasteiger partial charge in [-0.25, -0.2) is 0 Å². The first kappa shape index (κ1) is 14.0. The number of rotatable bonds is 6. The minimum absolute atomic E-state index is 0.176. The molecule has 1 N–H and O–H groups in total. The summed E-state index contributed by atoms with van der Waals surface area (Å²) in [6, 6.07) is 6.75. The molecule has 0 radical (unpaired) electrons. The molecule has 0 atom stereocenters. The van der Waals surface area contributed by atoms with Gasteiger partial charge in [-0.05, 0) is 31.2 Å². The molecule has 18 heavy (non-hydrogen) atoms. The topological polar surface area (TPSA) is 64.6 Å². The minimum Gasteiger partial charge on any atom is -0.497 e. The number of methoxy groups -OCH3 is 1. The highest BCUT2D eigenvalue weighted by molar-refractivity contribution is 5.94. The molecule has 5 heteroatoms. The first-order chi connectivity index (χ1) is 8.67. The summed E-state index contributed by atoms with van der Waals surface area (Å²) in [4.78, 5) is 22.7. The van der Waals surface area contributed by atoms with Crippen LogP contribution in [-0.4, -0.2) is 32.1 Å². The summed E-state index contributed by atoms with van der Waals surface area (Å²) in [7, 11) is 1.56. The number of hydrogen-bond donors (Lipinski definition) is 1. The van der Waals surface area contributed by atoms with E-state index in [1.165, 1.54) is 0 Å². The van der Waals surface area contributed by atoms with Crippen LogP contribution in [0.1, 0.15) is 23.7 Å². The Hall–Kier alpha value is -2.04. The third kappa shape index (κ3) is 4.45. The van der Waals surface area contributed by atoms with Crippen LogP contribution < -0.4 is 10.1 Å². The summed E-state index contributed by atoms with van der Waals surface area (Å²) < 4.78 is 9.75. The maximum atomic E-state index is 11.7. The predicted molar refractivity (Wildman–Crippen MR) is 66.6 cm³/mol. The molecule has 0 aliphatic carbocycles. The van der Waals surface area contributed by atoms with E-state index in [1.54, 1.807) is 38.3 Å². The molecule has 0 aliphatic rings. The highest BCUT2D eigenvalue weighted by Gasteiger charge is 2.06. The largest absolute Gasteiger partial charge is 0.497 e. The number of carbonyl (C=O) groups is 2. The number of nitrogens with one attached hydrogen (secondary N) is 1. The molecule has 0 heterocycles. The fraction of sp³-hybridized carbons (Fsp3) is 0.385. The molecule has 0 saturated heterocycles. The number of esters is 1. The molecule has 0 saturated carbocycles. The first-order valence-electron chi connectivity index (χ1n) is 5.75. The Bertz CT molecular complexity index is 400. The maximum Gasteiger partial charge on any atom is 0.307 e. The van der Waals surface area contributed by atoms with E-state index in [2.05, 4.69) is 5.32 Å². The lowest BCUT2D eigenvalue weighted by atomic mass is 10.2. The van der Waals surface area contributed by atoms with Crippen molar-refractivity contribution in [1.82, 2.24) is 5.32 Å². The predicted octanol–water partition coefficient (Wildman–Crippen LogP) is 1.38. The molecule has 0 aromatic heterocycles. The molecule has 5 nitrogen and oxygen atoms in total. The van der Waals surface area contributed by atoms with Gasteiger partial charge in [0.05, 0.1) is 20.1 Å². The maximum absolute atomic E-state index is 11.7. The smallest absolute Gasteiger partial charge is 0.307 e. The second kappa shape index (κ2) is 7.32. The van der Waals surface area contributed by atoms with Crippen LogP contribution in [0.5, 0.6) is 5.75 Å². The van der Waals surface area contributed by atoms with Crippen molar-refractivity contribution < 1.29 is 19.1 Å². The zero-order valence-corrected chi connectivity index (χ0v) is 10.6. The summed E-state index contributed by atoms with van der Waals surface area (Å²) in [5, 5.41) is 2.65. The molecule has 0 unspecified atom stereocenters. The Labute approximate surface area is 106 Å². The number of carbonyl (C=O) groups excluding carboxylic acids is 2. The highest BCUT2D eigenvalue weighted by Crippen LogP contribution is 2.10. The van der Waals surface area contributed by atoms with Crippen LogP contribution >= 0.6 is 0 Å². The second-order valence-corrected chi connectivity index (χ2v) is 3.54. The molecular weight excluding hydrogens is 234 g/mol. The van der Waals surface area contributed by atoms with Crippen LogP contribution in [0, 0.1) is 0 Å². The summed E-state index contributed by atoms with van der Waals surface area (Å²) in [5.74, 6) is 0.160. The van der Waals surface area contributed by atoms with Crippen molar-refractivity contribution in [3.05, 3.63) is 29.8 Å². The van der Waals surface area contributed by atoms with E-state index in [1.807, 2.05) is 0 Å². The van der Waals surface area contributed by atoms with E-state index < -0.39 is 0 Å². The Morgan fingerprint density at radius 1 is 1.22 bits per heavy atom. The van der Waals surface area contributed by atoms with Crippen molar-refractivity contribution in [3.8, 4) is 5.75 Å². The molecule has 0 spiro atoms. The van der Waals surface area contributed by atoms with Gasteiger partial charge in [0.25, 0.3) is 5.91 Å². The van der Waals surface area contributed by atoms with Gasteiger partial charge < -0.3 is 14.8 Å². The van der Waals surface area contributed by atoms with E-state index in [0.717, 1.165) is 0 Å². The van der Waals surface area contributed by atoms with Gasteiger partial charge in [0.1, 0.15) is 5.75 Å².